The van der Waals surface area contributed by atoms with Gasteiger partial charge in [-0.25, -0.2) is 0 Å². The Balaban J connectivity index is 1.34. The summed E-state index contributed by atoms with van der Waals surface area (Å²) in [4.78, 5) is 2.38. The van der Waals surface area contributed by atoms with Gasteiger partial charge in [0, 0.05) is 33.1 Å². The molecule has 0 bridgehead atoms. The summed E-state index contributed by atoms with van der Waals surface area (Å²) in [5.74, 6) is 0.899. The van der Waals surface area contributed by atoms with E-state index in [4.69, 9.17) is 4.74 Å². The van der Waals surface area contributed by atoms with Crippen molar-refractivity contribution in [3.8, 4) is 16.9 Å². The molecule has 2 aliphatic rings. The average molecular weight is 531 g/mol. The fourth-order valence-electron chi connectivity index (χ4n) is 6.67. The number of para-hydroxylation sites is 1. The molecule has 0 aromatic heterocycles. The first-order valence-corrected chi connectivity index (χ1v) is 14.2. The SMILES string of the molecule is CC1(C)c2ccccc2-c2cc(N(c3ccccc3)c3cc4c(c5ccccc35)OC(c3ccccc3)N4)ccc21. The van der Waals surface area contributed by atoms with Gasteiger partial charge in [0.15, 0.2) is 12.0 Å². The standard InChI is InChI=1S/C38H30N2O/c1-38(2)32-20-12-11-17-28(32)31-23-27(21-22-33(31)38)40(26-15-7-4-8-16-26)35-24-34-36(30-19-10-9-18-29(30)35)41-37(39-34)25-13-5-3-6-14-25/h3-24,37,39H,1-2H3. The van der Waals surface area contributed by atoms with Crippen LogP contribution in [0.15, 0.2) is 133 Å². The predicted octanol–water partition coefficient (Wildman–Crippen LogP) is 10.1. The highest BCUT2D eigenvalue weighted by Crippen LogP contribution is 2.53. The zero-order chi connectivity index (χ0) is 27.6. The Bertz CT molecular complexity index is 1930. The van der Waals surface area contributed by atoms with Gasteiger partial charge in [0.2, 0.25) is 0 Å². The lowest BCUT2D eigenvalue weighted by atomic mass is 9.82. The van der Waals surface area contributed by atoms with E-state index in [1.54, 1.807) is 0 Å². The zero-order valence-electron chi connectivity index (χ0n) is 23.1. The van der Waals surface area contributed by atoms with Gasteiger partial charge in [-0.3, -0.25) is 0 Å². The second-order valence-corrected chi connectivity index (χ2v) is 11.4. The summed E-state index contributed by atoms with van der Waals surface area (Å²) < 4.78 is 6.55. The Morgan fingerprint density at radius 1 is 0.610 bits per heavy atom. The van der Waals surface area contributed by atoms with E-state index in [9.17, 15) is 0 Å². The molecule has 0 radical (unpaired) electrons. The largest absolute Gasteiger partial charge is 0.464 e. The van der Waals surface area contributed by atoms with Crippen molar-refractivity contribution in [3.05, 3.63) is 150 Å². The molecule has 198 valence electrons. The van der Waals surface area contributed by atoms with E-state index in [1.807, 2.05) is 6.07 Å². The van der Waals surface area contributed by atoms with Gasteiger partial charge in [-0.15, -0.1) is 0 Å². The van der Waals surface area contributed by atoms with E-state index in [0.717, 1.165) is 44.8 Å². The highest BCUT2D eigenvalue weighted by molar-refractivity contribution is 6.06. The number of rotatable bonds is 4. The summed E-state index contributed by atoms with van der Waals surface area (Å²) in [6, 6.07) is 47.6. The van der Waals surface area contributed by atoms with E-state index in [2.05, 4.69) is 151 Å². The van der Waals surface area contributed by atoms with Gasteiger partial charge in [-0.1, -0.05) is 117 Å². The summed E-state index contributed by atoms with van der Waals surface area (Å²) >= 11 is 0. The fourth-order valence-corrected chi connectivity index (χ4v) is 6.67. The molecule has 0 amide bonds. The Labute approximate surface area is 240 Å². The number of benzene rings is 6. The summed E-state index contributed by atoms with van der Waals surface area (Å²) in [7, 11) is 0. The van der Waals surface area contributed by atoms with Gasteiger partial charge < -0.3 is 15.0 Å². The van der Waals surface area contributed by atoms with Crippen LogP contribution in [0.3, 0.4) is 0 Å². The molecular weight excluding hydrogens is 500 g/mol. The Morgan fingerprint density at radius 2 is 1.27 bits per heavy atom. The number of nitrogens with zero attached hydrogens (tertiary/aromatic N) is 1. The quantitative estimate of drug-likeness (QED) is 0.245. The molecule has 6 aromatic carbocycles. The molecule has 0 spiro atoms. The van der Waals surface area contributed by atoms with Crippen molar-refractivity contribution in [1.29, 1.82) is 0 Å². The number of anilines is 4. The molecule has 1 atom stereocenters. The molecule has 6 aromatic rings. The molecular formula is C38H30N2O. The lowest BCUT2D eigenvalue weighted by molar-refractivity contribution is 0.262. The second kappa shape index (κ2) is 9.00. The van der Waals surface area contributed by atoms with Gasteiger partial charge in [-0.2, -0.15) is 0 Å². The van der Waals surface area contributed by atoms with Crippen LogP contribution >= 0.6 is 0 Å². The minimum absolute atomic E-state index is 0.0317. The maximum absolute atomic E-state index is 6.55. The number of nitrogens with one attached hydrogen (secondary N) is 1. The topological polar surface area (TPSA) is 24.5 Å². The molecule has 1 unspecified atom stereocenters. The molecule has 0 saturated carbocycles. The first-order valence-electron chi connectivity index (χ1n) is 14.2. The lowest BCUT2D eigenvalue weighted by Gasteiger charge is -2.28. The molecule has 41 heavy (non-hydrogen) atoms. The Hall–Kier alpha value is -5.02. The fraction of sp³-hybridized carbons (Fsp3) is 0.105. The van der Waals surface area contributed by atoms with Crippen LogP contribution in [0.5, 0.6) is 5.75 Å². The van der Waals surface area contributed by atoms with Gasteiger partial charge in [0.25, 0.3) is 0 Å². The van der Waals surface area contributed by atoms with Crippen LogP contribution in [0.2, 0.25) is 0 Å². The normalized spacial score (nSPS) is 15.9. The number of fused-ring (bicyclic) bond motifs is 6. The molecule has 1 aliphatic heterocycles. The summed E-state index contributed by atoms with van der Waals surface area (Å²) in [6.45, 7) is 4.66. The molecule has 8 rings (SSSR count). The maximum atomic E-state index is 6.55. The van der Waals surface area contributed by atoms with E-state index in [1.165, 1.54) is 22.3 Å². The van der Waals surface area contributed by atoms with Crippen LogP contribution in [-0.2, 0) is 5.41 Å². The van der Waals surface area contributed by atoms with E-state index in [0.29, 0.717) is 0 Å². The third kappa shape index (κ3) is 3.66. The molecule has 1 heterocycles. The van der Waals surface area contributed by atoms with Gasteiger partial charge in [-0.05, 0) is 52.6 Å². The van der Waals surface area contributed by atoms with Crippen molar-refractivity contribution in [2.45, 2.75) is 25.5 Å². The van der Waals surface area contributed by atoms with Crippen molar-refractivity contribution in [2.24, 2.45) is 0 Å². The summed E-state index contributed by atoms with van der Waals surface area (Å²) in [5.41, 5.74) is 10.8. The predicted molar refractivity (Wildman–Crippen MR) is 170 cm³/mol. The number of hydrogen-bond acceptors (Lipinski definition) is 3. The van der Waals surface area contributed by atoms with Crippen molar-refractivity contribution in [2.75, 3.05) is 10.2 Å². The van der Waals surface area contributed by atoms with E-state index >= 15 is 0 Å². The average Bonchev–Trinajstić information content (AvgIpc) is 3.55. The minimum Gasteiger partial charge on any atom is -0.464 e. The van der Waals surface area contributed by atoms with Crippen molar-refractivity contribution < 1.29 is 4.74 Å². The third-order valence-electron chi connectivity index (χ3n) is 8.68. The van der Waals surface area contributed by atoms with Crippen LogP contribution in [0.4, 0.5) is 22.7 Å². The van der Waals surface area contributed by atoms with E-state index < -0.39 is 0 Å². The Kier molecular flexibility index (Phi) is 5.23. The summed E-state index contributed by atoms with van der Waals surface area (Å²) in [5, 5.41) is 5.90. The van der Waals surface area contributed by atoms with Crippen LogP contribution in [0.25, 0.3) is 21.9 Å². The number of ether oxygens (including phenoxy) is 1. The molecule has 0 fully saturated rings. The van der Waals surface area contributed by atoms with E-state index in [-0.39, 0.29) is 11.6 Å². The minimum atomic E-state index is -0.228. The van der Waals surface area contributed by atoms with Gasteiger partial charge in [0.05, 0.1) is 11.4 Å². The third-order valence-corrected chi connectivity index (χ3v) is 8.68. The molecule has 0 saturated heterocycles. The van der Waals surface area contributed by atoms with Crippen molar-refractivity contribution >= 4 is 33.5 Å². The van der Waals surface area contributed by atoms with Crippen molar-refractivity contribution in [3.63, 3.8) is 0 Å². The molecule has 3 heteroatoms. The maximum Gasteiger partial charge on any atom is 0.196 e. The van der Waals surface area contributed by atoms with Crippen LogP contribution in [-0.4, -0.2) is 0 Å². The second-order valence-electron chi connectivity index (χ2n) is 11.4. The monoisotopic (exact) mass is 530 g/mol. The van der Waals surface area contributed by atoms with Crippen molar-refractivity contribution in [1.82, 2.24) is 0 Å². The number of hydrogen-bond donors (Lipinski definition) is 1. The smallest absolute Gasteiger partial charge is 0.196 e. The molecule has 1 N–H and O–H groups in total. The molecule has 1 aliphatic carbocycles. The summed E-state index contributed by atoms with van der Waals surface area (Å²) in [6.07, 6.45) is -0.228. The lowest BCUT2D eigenvalue weighted by Crippen LogP contribution is -2.15. The Morgan fingerprint density at radius 3 is 2.07 bits per heavy atom. The van der Waals surface area contributed by atoms with Gasteiger partial charge in [0.1, 0.15) is 0 Å². The molecule has 3 nitrogen and oxygen atoms in total. The van der Waals surface area contributed by atoms with Gasteiger partial charge >= 0.3 is 0 Å². The first-order chi connectivity index (χ1) is 20.1. The first kappa shape index (κ1) is 23.8. The highest BCUT2D eigenvalue weighted by Gasteiger charge is 2.36. The van der Waals surface area contributed by atoms with Crippen LogP contribution < -0.4 is 15.0 Å². The van der Waals surface area contributed by atoms with Crippen LogP contribution in [0, 0.1) is 0 Å². The van der Waals surface area contributed by atoms with Crippen LogP contribution in [0.1, 0.15) is 36.8 Å². The zero-order valence-corrected chi connectivity index (χ0v) is 23.1. The highest BCUT2D eigenvalue weighted by atomic mass is 16.5.